The minimum atomic E-state index is -0.699. The lowest BCUT2D eigenvalue weighted by Gasteiger charge is -2.09. The third-order valence-corrected chi connectivity index (χ3v) is 3.07. The Balaban J connectivity index is 2.23. The quantitative estimate of drug-likeness (QED) is 0.473. The van der Waals surface area contributed by atoms with Gasteiger partial charge in [0, 0.05) is 0 Å². The molecule has 1 fully saturated rings. The zero-order valence-corrected chi connectivity index (χ0v) is 12.7. The highest BCUT2D eigenvalue weighted by Crippen LogP contribution is 2.28. The number of nitrogens with one attached hydrogen (secondary N) is 1. The maximum Gasteiger partial charge on any atom is 0.329 e. The van der Waals surface area contributed by atoms with Gasteiger partial charge in [0.25, 0.3) is 5.91 Å². The fraction of sp³-hybridized carbons (Fsp3) is 0.267. The van der Waals surface area contributed by atoms with E-state index in [1.165, 1.54) is 25.3 Å². The summed E-state index contributed by atoms with van der Waals surface area (Å²) in [6.07, 6.45) is 1.43. The molecule has 0 saturated carbocycles. The molecule has 2 rings (SSSR count). The minimum Gasteiger partial charge on any atom is -0.504 e. The van der Waals surface area contributed by atoms with Gasteiger partial charge < -0.3 is 19.9 Å². The molecule has 2 N–H and O–H groups in total. The maximum atomic E-state index is 12.1. The third kappa shape index (κ3) is 3.60. The molecule has 1 aromatic carbocycles. The van der Waals surface area contributed by atoms with Gasteiger partial charge in [-0.2, -0.15) is 0 Å². The van der Waals surface area contributed by atoms with Crippen molar-refractivity contribution in [3.05, 3.63) is 29.5 Å². The van der Waals surface area contributed by atoms with Crippen LogP contribution in [0.25, 0.3) is 6.08 Å². The van der Waals surface area contributed by atoms with Crippen molar-refractivity contribution in [2.45, 2.75) is 6.92 Å². The molecule has 1 saturated heterocycles. The van der Waals surface area contributed by atoms with Crippen molar-refractivity contribution in [2.75, 3.05) is 20.3 Å². The number of phenols is 1. The molecule has 0 unspecified atom stereocenters. The SMILES string of the molecule is CCOc1cc(/C=C2/NC(=O)N(CC(=O)OC)C2=O)ccc1O. The molecule has 23 heavy (non-hydrogen) atoms. The number of hydrogen-bond donors (Lipinski definition) is 2. The summed E-state index contributed by atoms with van der Waals surface area (Å²) in [5, 5.41) is 12.0. The van der Waals surface area contributed by atoms with Crippen LogP contribution in [0.3, 0.4) is 0 Å². The molecule has 3 amide bonds. The van der Waals surface area contributed by atoms with E-state index in [-0.39, 0.29) is 17.2 Å². The number of imide groups is 1. The van der Waals surface area contributed by atoms with Crippen LogP contribution in [0, 0.1) is 0 Å². The van der Waals surface area contributed by atoms with Crippen LogP contribution in [0.15, 0.2) is 23.9 Å². The molecule has 8 heteroatoms. The predicted octanol–water partition coefficient (Wildman–Crippen LogP) is 0.857. The molecule has 0 radical (unpaired) electrons. The first kappa shape index (κ1) is 16.3. The maximum absolute atomic E-state index is 12.1. The van der Waals surface area contributed by atoms with E-state index >= 15 is 0 Å². The van der Waals surface area contributed by atoms with Crippen LogP contribution in [-0.4, -0.2) is 48.2 Å². The van der Waals surface area contributed by atoms with Gasteiger partial charge in [-0.05, 0) is 30.7 Å². The third-order valence-electron chi connectivity index (χ3n) is 3.07. The summed E-state index contributed by atoms with van der Waals surface area (Å²) >= 11 is 0. The summed E-state index contributed by atoms with van der Waals surface area (Å²) in [5.74, 6) is -1.09. The molecule has 8 nitrogen and oxygen atoms in total. The van der Waals surface area contributed by atoms with Gasteiger partial charge in [-0.25, -0.2) is 9.69 Å². The van der Waals surface area contributed by atoms with Gasteiger partial charge in [-0.1, -0.05) is 6.07 Å². The number of carbonyl (C=O) groups is 3. The van der Waals surface area contributed by atoms with E-state index in [0.717, 1.165) is 4.90 Å². The standard InChI is InChI=1S/C15H16N2O6/c1-3-23-12-7-9(4-5-11(12)18)6-10-14(20)17(15(21)16-10)8-13(19)22-2/h4-7,18H,3,8H2,1-2H3,(H,16,21)/b10-6+. The second kappa shape index (κ2) is 6.82. The summed E-state index contributed by atoms with van der Waals surface area (Å²) in [5.41, 5.74) is 0.571. The monoisotopic (exact) mass is 320 g/mol. The average molecular weight is 320 g/mol. The van der Waals surface area contributed by atoms with E-state index in [1.54, 1.807) is 13.0 Å². The molecule has 0 atom stereocenters. The molecule has 0 aromatic heterocycles. The largest absolute Gasteiger partial charge is 0.504 e. The van der Waals surface area contributed by atoms with E-state index in [0.29, 0.717) is 12.2 Å². The predicted molar refractivity (Wildman–Crippen MR) is 79.5 cm³/mol. The molecule has 1 aliphatic heterocycles. The number of nitrogens with zero attached hydrogens (tertiary/aromatic N) is 1. The zero-order valence-electron chi connectivity index (χ0n) is 12.7. The van der Waals surface area contributed by atoms with Crippen molar-refractivity contribution in [3.8, 4) is 11.5 Å². The van der Waals surface area contributed by atoms with Crippen LogP contribution in [0.2, 0.25) is 0 Å². The van der Waals surface area contributed by atoms with Crippen molar-refractivity contribution in [2.24, 2.45) is 0 Å². The summed E-state index contributed by atoms with van der Waals surface area (Å²) in [6.45, 7) is 1.68. The van der Waals surface area contributed by atoms with Crippen LogP contribution in [-0.2, 0) is 14.3 Å². The van der Waals surface area contributed by atoms with Crippen molar-refractivity contribution in [3.63, 3.8) is 0 Å². The Hall–Kier alpha value is -3.03. The van der Waals surface area contributed by atoms with Gasteiger partial charge in [0.15, 0.2) is 11.5 Å². The fourth-order valence-electron chi connectivity index (χ4n) is 1.97. The summed E-state index contributed by atoms with van der Waals surface area (Å²) in [6, 6.07) is 3.82. The number of ether oxygens (including phenoxy) is 2. The van der Waals surface area contributed by atoms with Gasteiger partial charge in [0.2, 0.25) is 0 Å². The van der Waals surface area contributed by atoms with E-state index in [4.69, 9.17) is 4.74 Å². The first-order chi connectivity index (χ1) is 11.0. The molecule has 122 valence electrons. The Labute approximate surface area is 132 Å². The van der Waals surface area contributed by atoms with Crippen LogP contribution < -0.4 is 10.1 Å². The van der Waals surface area contributed by atoms with Gasteiger partial charge in [0.1, 0.15) is 12.2 Å². The van der Waals surface area contributed by atoms with E-state index in [9.17, 15) is 19.5 Å². The minimum absolute atomic E-state index is 0.0204. The number of esters is 1. The molecule has 1 aromatic rings. The number of benzene rings is 1. The summed E-state index contributed by atoms with van der Waals surface area (Å²) in [7, 11) is 1.17. The molecular weight excluding hydrogens is 304 g/mol. The molecule has 0 spiro atoms. The second-order valence-electron chi connectivity index (χ2n) is 4.62. The van der Waals surface area contributed by atoms with Crippen LogP contribution in [0.4, 0.5) is 4.79 Å². The van der Waals surface area contributed by atoms with E-state index < -0.39 is 24.5 Å². The van der Waals surface area contributed by atoms with Gasteiger partial charge in [0.05, 0.1) is 13.7 Å². The van der Waals surface area contributed by atoms with Gasteiger partial charge in [-0.15, -0.1) is 0 Å². The smallest absolute Gasteiger partial charge is 0.329 e. The number of aromatic hydroxyl groups is 1. The second-order valence-corrected chi connectivity index (χ2v) is 4.62. The molecular formula is C15H16N2O6. The number of urea groups is 1. The zero-order chi connectivity index (χ0) is 17.0. The normalized spacial score (nSPS) is 15.7. The van der Waals surface area contributed by atoms with Crippen molar-refractivity contribution < 1.29 is 29.0 Å². The highest BCUT2D eigenvalue weighted by molar-refractivity contribution is 6.15. The van der Waals surface area contributed by atoms with E-state index in [1.807, 2.05) is 0 Å². The number of phenolic OH excluding ortho intramolecular Hbond substituents is 1. The fourth-order valence-corrected chi connectivity index (χ4v) is 1.97. The van der Waals surface area contributed by atoms with Gasteiger partial charge >= 0.3 is 12.0 Å². The van der Waals surface area contributed by atoms with Crippen molar-refractivity contribution >= 4 is 24.0 Å². The molecule has 0 aliphatic carbocycles. The topological polar surface area (TPSA) is 105 Å². The van der Waals surface area contributed by atoms with Crippen LogP contribution in [0.1, 0.15) is 12.5 Å². The Morgan fingerprint density at radius 1 is 1.39 bits per heavy atom. The molecule has 0 bridgehead atoms. The van der Waals surface area contributed by atoms with Crippen molar-refractivity contribution in [1.82, 2.24) is 10.2 Å². The lowest BCUT2D eigenvalue weighted by atomic mass is 10.1. The van der Waals surface area contributed by atoms with E-state index in [2.05, 4.69) is 10.1 Å². The number of hydrogen-bond acceptors (Lipinski definition) is 6. The first-order valence-electron chi connectivity index (χ1n) is 6.83. The Morgan fingerprint density at radius 2 is 2.13 bits per heavy atom. The molecule has 1 heterocycles. The summed E-state index contributed by atoms with van der Waals surface area (Å²) in [4.78, 5) is 35.8. The Bertz CT molecular complexity index is 683. The summed E-state index contributed by atoms with van der Waals surface area (Å²) < 4.78 is 9.70. The average Bonchev–Trinajstić information content (AvgIpc) is 2.78. The van der Waals surface area contributed by atoms with Crippen LogP contribution in [0.5, 0.6) is 11.5 Å². The number of methoxy groups -OCH3 is 1. The number of amides is 3. The Morgan fingerprint density at radius 3 is 2.78 bits per heavy atom. The number of rotatable bonds is 5. The van der Waals surface area contributed by atoms with Crippen molar-refractivity contribution in [1.29, 1.82) is 0 Å². The lowest BCUT2D eigenvalue weighted by Crippen LogP contribution is -2.36. The first-order valence-corrected chi connectivity index (χ1v) is 6.83. The highest BCUT2D eigenvalue weighted by Gasteiger charge is 2.35. The Kier molecular flexibility index (Phi) is 4.85. The molecule has 1 aliphatic rings. The lowest BCUT2D eigenvalue weighted by molar-refractivity contribution is -0.143. The van der Waals surface area contributed by atoms with Gasteiger partial charge in [-0.3, -0.25) is 9.59 Å². The number of carbonyl (C=O) groups excluding carboxylic acids is 3. The highest BCUT2D eigenvalue weighted by atomic mass is 16.5. The van der Waals surface area contributed by atoms with Crippen LogP contribution >= 0.6 is 0 Å².